The van der Waals surface area contributed by atoms with Gasteiger partial charge in [0, 0.05) is 50.3 Å². The van der Waals surface area contributed by atoms with E-state index in [2.05, 4.69) is 15.5 Å². The van der Waals surface area contributed by atoms with E-state index in [0.29, 0.717) is 12.2 Å². The van der Waals surface area contributed by atoms with Gasteiger partial charge in [-0.15, -0.1) is 0 Å². The summed E-state index contributed by atoms with van der Waals surface area (Å²) >= 11 is 0. The number of likely N-dealkylation sites (tertiary alicyclic amines) is 1. The van der Waals surface area contributed by atoms with Crippen molar-refractivity contribution in [3.63, 3.8) is 0 Å². The molecule has 0 radical (unpaired) electrons. The predicted molar refractivity (Wildman–Crippen MR) is 124 cm³/mol. The molecule has 2 aliphatic rings. The van der Waals surface area contributed by atoms with Crippen molar-refractivity contribution in [2.75, 3.05) is 19.6 Å². The van der Waals surface area contributed by atoms with Crippen LogP contribution in [0.1, 0.15) is 56.1 Å². The quantitative estimate of drug-likeness (QED) is 0.575. The van der Waals surface area contributed by atoms with Crippen LogP contribution in [0.25, 0.3) is 5.69 Å². The highest BCUT2D eigenvalue weighted by Gasteiger charge is 2.31. The first kappa shape index (κ1) is 24.6. The van der Waals surface area contributed by atoms with Crippen molar-refractivity contribution in [3.05, 3.63) is 53.9 Å². The minimum atomic E-state index is -4.33. The topological polar surface area (TPSA) is 69.5 Å². The van der Waals surface area contributed by atoms with Crippen LogP contribution in [-0.2, 0) is 12.7 Å². The molecule has 2 heterocycles. The Balaban J connectivity index is 1.20. The molecule has 1 saturated carbocycles. The maximum atomic E-state index is 12.8. The average Bonchev–Trinajstić information content (AvgIpc) is 3.28. The van der Waals surface area contributed by atoms with E-state index in [0.717, 1.165) is 82.3 Å². The molecular formula is C25H33F3N4O2. The summed E-state index contributed by atoms with van der Waals surface area (Å²) in [5.74, 6) is 0. The largest absolute Gasteiger partial charge is 0.416 e. The standard InChI is InChI=1S/C25H33F3N4O2/c26-25(27,28)20-4-6-22(7-5-20)32-15-8-19(17-32)16-31-13-9-21(10-14-31)30-23(33)29-18-24(34)11-2-1-3-12-24/h4-8,15,17,21,34H,1-3,9-14,16,18H2,(H2,29,30,33). The number of hydrogen-bond donors (Lipinski definition) is 3. The van der Waals surface area contributed by atoms with Gasteiger partial charge >= 0.3 is 12.2 Å². The van der Waals surface area contributed by atoms with E-state index in [1.807, 2.05) is 23.0 Å². The molecule has 6 nitrogen and oxygen atoms in total. The second kappa shape index (κ2) is 10.4. The van der Waals surface area contributed by atoms with Crippen molar-refractivity contribution in [1.29, 1.82) is 0 Å². The Morgan fingerprint density at radius 1 is 1.06 bits per heavy atom. The number of hydrogen-bond acceptors (Lipinski definition) is 3. The number of carbonyl (C=O) groups is 1. The van der Waals surface area contributed by atoms with Gasteiger partial charge in [-0.05, 0) is 61.6 Å². The van der Waals surface area contributed by atoms with E-state index in [4.69, 9.17) is 0 Å². The molecule has 2 aromatic rings. The van der Waals surface area contributed by atoms with Gasteiger partial charge in [-0.25, -0.2) is 4.79 Å². The molecule has 0 unspecified atom stereocenters. The molecule has 1 aromatic carbocycles. The van der Waals surface area contributed by atoms with Crippen LogP contribution in [0.5, 0.6) is 0 Å². The summed E-state index contributed by atoms with van der Waals surface area (Å²) in [7, 11) is 0. The normalized spacial score (nSPS) is 19.6. The first-order chi connectivity index (χ1) is 16.2. The number of amides is 2. The smallest absolute Gasteiger partial charge is 0.388 e. The summed E-state index contributed by atoms with van der Waals surface area (Å²) in [5.41, 5.74) is 0.352. The number of nitrogens with one attached hydrogen (secondary N) is 2. The summed E-state index contributed by atoms with van der Waals surface area (Å²) in [6.45, 7) is 2.74. The van der Waals surface area contributed by atoms with E-state index < -0.39 is 17.3 Å². The molecule has 34 heavy (non-hydrogen) atoms. The average molecular weight is 479 g/mol. The third kappa shape index (κ3) is 6.54. The highest BCUT2D eigenvalue weighted by Crippen LogP contribution is 2.30. The van der Waals surface area contributed by atoms with Gasteiger partial charge in [-0.3, -0.25) is 4.90 Å². The Bertz CT molecular complexity index is 944. The number of halogens is 3. The molecule has 2 amide bonds. The molecule has 186 valence electrons. The molecule has 3 N–H and O–H groups in total. The number of nitrogens with zero attached hydrogens (tertiary/aromatic N) is 2. The molecule has 4 rings (SSSR count). The van der Waals surface area contributed by atoms with Crippen molar-refractivity contribution in [3.8, 4) is 5.69 Å². The zero-order valence-electron chi connectivity index (χ0n) is 19.3. The predicted octanol–water partition coefficient (Wildman–Crippen LogP) is 4.45. The van der Waals surface area contributed by atoms with Crippen molar-refractivity contribution < 1.29 is 23.1 Å². The van der Waals surface area contributed by atoms with Crippen LogP contribution in [0.15, 0.2) is 42.7 Å². The summed E-state index contributed by atoms with van der Waals surface area (Å²) in [6.07, 6.45) is 5.80. The van der Waals surface area contributed by atoms with Gasteiger partial charge in [0.05, 0.1) is 11.2 Å². The summed E-state index contributed by atoms with van der Waals surface area (Å²) < 4.78 is 40.1. The lowest BCUT2D eigenvalue weighted by atomic mass is 9.85. The van der Waals surface area contributed by atoms with Crippen LogP contribution in [0.3, 0.4) is 0 Å². The molecule has 0 bridgehead atoms. The van der Waals surface area contributed by atoms with Crippen LogP contribution in [0.2, 0.25) is 0 Å². The molecule has 1 saturated heterocycles. The fourth-order valence-electron chi connectivity index (χ4n) is 4.88. The molecular weight excluding hydrogens is 445 g/mol. The van der Waals surface area contributed by atoms with E-state index in [1.54, 1.807) is 0 Å². The minimum absolute atomic E-state index is 0.106. The van der Waals surface area contributed by atoms with Gasteiger partial charge in [-0.1, -0.05) is 19.3 Å². The second-order valence-corrected chi connectivity index (χ2v) is 9.63. The van der Waals surface area contributed by atoms with Crippen LogP contribution >= 0.6 is 0 Å². The number of aliphatic hydroxyl groups is 1. The number of carbonyl (C=O) groups excluding carboxylic acids is 1. The van der Waals surface area contributed by atoms with Crippen molar-refractivity contribution >= 4 is 6.03 Å². The van der Waals surface area contributed by atoms with Gasteiger partial charge in [0.1, 0.15) is 0 Å². The Labute approximate surface area is 198 Å². The lowest BCUT2D eigenvalue weighted by Crippen LogP contribution is -2.51. The third-order valence-corrected chi connectivity index (χ3v) is 6.94. The molecule has 9 heteroatoms. The zero-order chi connectivity index (χ0) is 24.2. The summed E-state index contributed by atoms with van der Waals surface area (Å²) in [4.78, 5) is 14.6. The number of aromatic nitrogens is 1. The van der Waals surface area contributed by atoms with Gasteiger partial charge in [0.2, 0.25) is 0 Å². The molecule has 1 aliphatic heterocycles. The fourth-order valence-corrected chi connectivity index (χ4v) is 4.88. The highest BCUT2D eigenvalue weighted by molar-refractivity contribution is 5.74. The number of alkyl halides is 3. The Hall–Kier alpha value is -2.52. The molecule has 2 fully saturated rings. The number of rotatable bonds is 6. The molecule has 1 aromatic heterocycles. The highest BCUT2D eigenvalue weighted by atomic mass is 19.4. The van der Waals surface area contributed by atoms with Crippen molar-refractivity contribution in [2.24, 2.45) is 0 Å². The van der Waals surface area contributed by atoms with Crippen molar-refractivity contribution in [2.45, 2.75) is 69.3 Å². The van der Waals surface area contributed by atoms with E-state index in [9.17, 15) is 23.1 Å². The lowest BCUT2D eigenvalue weighted by molar-refractivity contribution is -0.137. The third-order valence-electron chi connectivity index (χ3n) is 6.94. The Kier molecular flexibility index (Phi) is 7.52. The number of benzene rings is 1. The molecule has 1 aliphatic carbocycles. The maximum Gasteiger partial charge on any atom is 0.416 e. The van der Waals surface area contributed by atoms with E-state index >= 15 is 0 Å². The van der Waals surface area contributed by atoms with Crippen LogP contribution < -0.4 is 10.6 Å². The van der Waals surface area contributed by atoms with E-state index in [1.165, 1.54) is 12.1 Å². The first-order valence-corrected chi connectivity index (χ1v) is 12.0. The zero-order valence-corrected chi connectivity index (χ0v) is 19.3. The maximum absolute atomic E-state index is 12.8. The van der Waals surface area contributed by atoms with Gasteiger partial charge in [-0.2, -0.15) is 13.2 Å². The minimum Gasteiger partial charge on any atom is -0.388 e. The Morgan fingerprint density at radius 2 is 1.74 bits per heavy atom. The molecule has 0 atom stereocenters. The Morgan fingerprint density at radius 3 is 2.38 bits per heavy atom. The summed E-state index contributed by atoms with van der Waals surface area (Å²) in [6, 6.07) is 7.01. The molecule has 0 spiro atoms. The second-order valence-electron chi connectivity index (χ2n) is 9.63. The van der Waals surface area contributed by atoms with Gasteiger partial charge in [0.25, 0.3) is 0 Å². The van der Waals surface area contributed by atoms with Crippen LogP contribution in [-0.4, -0.2) is 51.9 Å². The summed E-state index contributed by atoms with van der Waals surface area (Å²) in [5, 5.41) is 16.4. The van der Waals surface area contributed by atoms with Crippen LogP contribution in [0.4, 0.5) is 18.0 Å². The van der Waals surface area contributed by atoms with Gasteiger partial charge < -0.3 is 20.3 Å². The first-order valence-electron chi connectivity index (χ1n) is 12.0. The van der Waals surface area contributed by atoms with E-state index in [-0.39, 0.29) is 12.1 Å². The van der Waals surface area contributed by atoms with Crippen LogP contribution in [0, 0.1) is 0 Å². The fraction of sp³-hybridized carbons (Fsp3) is 0.560. The van der Waals surface area contributed by atoms with Gasteiger partial charge in [0.15, 0.2) is 0 Å². The SMILES string of the molecule is O=C(NCC1(O)CCCCC1)NC1CCN(Cc2ccn(-c3ccc(C(F)(F)F)cc3)c2)CC1. The number of urea groups is 1. The van der Waals surface area contributed by atoms with Crippen molar-refractivity contribution in [1.82, 2.24) is 20.1 Å². The monoisotopic (exact) mass is 478 g/mol. The lowest BCUT2D eigenvalue weighted by Gasteiger charge is -2.34. The number of piperidine rings is 1.